The van der Waals surface area contributed by atoms with E-state index in [0.29, 0.717) is 45.1 Å². The minimum Gasteiger partial charge on any atom is -0.506 e. The number of azo groups is 4. The standard InChI is InChI=1S/C45H39N9O9S2/c1-25-17-32(12-15-35(25)48-49-36-16-13-33(64(57,58)59)23-42(36)63-5)47-50-37-18-27(3)38(19-26(37)2)51-52-39-24-41(55)40(20-28(39)4)53-54-44-43(65(60,61)62)22-29-21-31(11-14-34(29)45(44)56)46-30-9-7-6-8-10-30/h6-24,46,55-56H,1-5H3,(H,57,58,59)(H,60,61,62). The Kier molecular flexibility index (Phi) is 12.9. The van der Waals surface area contributed by atoms with Gasteiger partial charge >= 0.3 is 0 Å². The highest BCUT2D eigenvalue weighted by Gasteiger charge is 2.23. The molecule has 0 spiro atoms. The molecule has 0 aliphatic rings. The molecule has 0 aliphatic heterocycles. The average Bonchev–Trinajstić information content (AvgIpc) is 3.26. The lowest BCUT2D eigenvalue weighted by molar-refractivity contribution is 0.413. The van der Waals surface area contributed by atoms with Gasteiger partial charge in [-0.3, -0.25) is 9.11 Å². The van der Waals surface area contributed by atoms with Gasteiger partial charge in [0.25, 0.3) is 20.2 Å². The highest BCUT2D eigenvalue weighted by Crippen LogP contribution is 2.44. The maximum absolute atomic E-state index is 12.5. The van der Waals surface area contributed by atoms with Crippen LogP contribution in [0.3, 0.4) is 0 Å². The molecule has 0 aromatic heterocycles. The van der Waals surface area contributed by atoms with Crippen LogP contribution < -0.4 is 10.1 Å². The molecule has 330 valence electrons. The van der Waals surface area contributed by atoms with Crippen molar-refractivity contribution in [1.82, 2.24) is 0 Å². The highest BCUT2D eigenvalue weighted by atomic mass is 32.2. The van der Waals surface area contributed by atoms with Gasteiger partial charge < -0.3 is 20.3 Å². The molecule has 0 atom stereocenters. The Bertz CT molecular complexity index is 3360. The molecular weight excluding hydrogens is 875 g/mol. The number of hydrogen-bond donors (Lipinski definition) is 5. The summed E-state index contributed by atoms with van der Waals surface area (Å²) < 4.78 is 72.6. The molecule has 0 saturated carbocycles. The van der Waals surface area contributed by atoms with Crippen molar-refractivity contribution in [2.75, 3.05) is 12.4 Å². The number of para-hydroxylation sites is 1. The maximum Gasteiger partial charge on any atom is 0.296 e. The van der Waals surface area contributed by atoms with Gasteiger partial charge in [0.15, 0.2) is 5.75 Å². The number of aromatic hydroxyl groups is 2. The minimum atomic E-state index is -4.89. The number of phenols is 2. The van der Waals surface area contributed by atoms with Gasteiger partial charge in [0, 0.05) is 28.9 Å². The van der Waals surface area contributed by atoms with Crippen LogP contribution in [0.4, 0.5) is 56.9 Å². The molecule has 0 aliphatic carbocycles. The van der Waals surface area contributed by atoms with E-state index in [-0.39, 0.29) is 33.2 Å². The molecule has 0 bridgehead atoms. The van der Waals surface area contributed by atoms with E-state index in [1.54, 1.807) is 55.5 Å². The van der Waals surface area contributed by atoms with Gasteiger partial charge in [-0.1, -0.05) is 18.2 Å². The molecule has 0 unspecified atom stereocenters. The molecule has 0 fully saturated rings. The van der Waals surface area contributed by atoms with E-state index in [9.17, 15) is 36.2 Å². The lowest BCUT2D eigenvalue weighted by atomic mass is 10.1. The molecule has 0 radical (unpaired) electrons. The minimum absolute atomic E-state index is 0.0624. The monoisotopic (exact) mass is 913 g/mol. The Morgan fingerprint density at radius 2 is 1.08 bits per heavy atom. The van der Waals surface area contributed by atoms with E-state index in [1.165, 1.54) is 37.4 Å². The Labute approximate surface area is 373 Å². The highest BCUT2D eigenvalue weighted by molar-refractivity contribution is 7.86. The molecule has 5 N–H and O–H groups in total. The average molecular weight is 914 g/mol. The van der Waals surface area contributed by atoms with Crippen molar-refractivity contribution in [2.24, 2.45) is 40.9 Å². The predicted molar refractivity (Wildman–Crippen MR) is 245 cm³/mol. The van der Waals surface area contributed by atoms with Crippen molar-refractivity contribution in [3.8, 4) is 17.2 Å². The molecule has 18 nitrogen and oxygen atoms in total. The summed E-state index contributed by atoms with van der Waals surface area (Å²) in [5, 5.41) is 59.8. The van der Waals surface area contributed by atoms with Crippen LogP contribution in [0, 0.1) is 27.7 Å². The fourth-order valence-corrected chi connectivity index (χ4v) is 7.57. The third kappa shape index (κ3) is 10.5. The van der Waals surface area contributed by atoms with Crippen LogP contribution in [0.1, 0.15) is 22.3 Å². The number of anilines is 2. The number of rotatable bonds is 13. The van der Waals surface area contributed by atoms with E-state index >= 15 is 0 Å². The lowest BCUT2D eigenvalue weighted by Gasteiger charge is -2.11. The van der Waals surface area contributed by atoms with Gasteiger partial charge in [-0.25, -0.2) is 0 Å². The van der Waals surface area contributed by atoms with E-state index in [4.69, 9.17) is 4.74 Å². The normalized spacial score (nSPS) is 12.4. The number of benzene rings is 7. The van der Waals surface area contributed by atoms with Crippen LogP contribution in [0.25, 0.3) is 10.8 Å². The topological polar surface area (TPSA) is 269 Å². The van der Waals surface area contributed by atoms with Crippen molar-refractivity contribution in [3.05, 3.63) is 138 Å². The van der Waals surface area contributed by atoms with Crippen molar-refractivity contribution in [1.29, 1.82) is 0 Å². The second-order valence-corrected chi connectivity index (χ2v) is 17.4. The molecule has 0 amide bonds. The van der Waals surface area contributed by atoms with Gasteiger partial charge in [0.2, 0.25) is 0 Å². The van der Waals surface area contributed by atoms with Crippen molar-refractivity contribution in [3.63, 3.8) is 0 Å². The number of fused-ring (bicyclic) bond motifs is 1. The number of nitrogens with one attached hydrogen (secondary N) is 1. The van der Waals surface area contributed by atoms with E-state index in [1.807, 2.05) is 51.1 Å². The summed E-state index contributed by atoms with van der Waals surface area (Å²) in [5.41, 5.74) is 6.35. The molecule has 0 saturated heterocycles. The van der Waals surface area contributed by atoms with Crippen LogP contribution in [0.5, 0.6) is 17.2 Å². The van der Waals surface area contributed by atoms with Gasteiger partial charge in [0.05, 0.1) is 40.4 Å². The Hall–Kier alpha value is -7.78. The number of nitrogens with zero attached hydrogens (tertiary/aromatic N) is 8. The van der Waals surface area contributed by atoms with Crippen molar-refractivity contribution < 1.29 is 40.9 Å². The first-order valence-corrected chi connectivity index (χ1v) is 22.2. The summed E-state index contributed by atoms with van der Waals surface area (Å²) in [4.78, 5) is -1.01. The van der Waals surface area contributed by atoms with Crippen LogP contribution in [-0.2, 0) is 20.2 Å². The summed E-state index contributed by atoms with van der Waals surface area (Å²) in [6, 6.07) is 30.6. The number of phenolic OH excluding ortho intramolecular Hbond substituents is 2. The third-order valence-corrected chi connectivity index (χ3v) is 11.6. The largest absolute Gasteiger partial charge is 0.506 e. The SMILES string of the molecule is COc1cc(S(=O)(=O)O)ccc1N=Nc1ccc(N=Nc2cc(C)c(N=Nc3cc(O)c(N=Nc4c(S(=O)(=O)O)cc5cc(Nc6ccccc6)ccc5c4O)cc3C)cc2C)cc1C. The maximum atomic E-state index is 12.5. The Balaban J connectivity index is 1.06. The first kappa shape index (κ1) is 45.3. The second-order valence-electron chi connectivity index (χ2n) is 14.6. The zero-order chi connectivity index (χ0) is 46.6. The van der Waals surface area contributed by atoms with Crippen LogP contribution in [0.2, 0.25) is 0 Å². The Morgan fingerprint density at radius 3 is 1.71 bits per heavy atom. The van der Waals surface area contributed by atoms with Gasteiger partial charge in [-0.05, 0) is 140 Å². The molecular formula is C45H39N9O9S2. The number of ether oxygens (including phenoxy) is 1. The number of aryl methyl sites for hydroxylation is 4. The van der Waals surface area contributed by atoms with Gasteiger partial charge in [-0.15, -0.1) is 15.3 Å². The van der Waals surface area contributed by atoms with Gasteiger partial charge in [-0.2, -0.15) is 42.4 Å². The fourth-order valence-electron chi connectivity index (χ4n) is 6.42. The first-order valence-electron chi connectivity index (χ1n) is 19.4. The quantitative estimate of drug-likeness (QED) is 0.0539. The van der Waals surface area contributed by atoms with Crippen molar-refractivity contribution in [2.45, 2.75) is 37.5 Å². The number of hydrogen-bond acceptors (Lipinski definition) is 16. The Morgan fingerprint density at radius 1 is 0.508 bits per heavy atom. The summed E-state index contributed by atoms with van der Waals surface area (Å²) in [7, 11) is -7.96. The lowest BCUT2D eigenvalue weighted by Crippen LogP contribution is -1.99. The molecule has 0 heterocycles. The van der Waals surface area contributed by atoms with E-state index in [2.05, 4.69) is 46.2 Å². The molecule has 7 aromatic rings. The summed E-state index contributed by atoms with van der Waals surface area (Å²) in [6.45, 7) is 7.20. The molecule has 65 heavy (non-hydrogen) atoms. The van der Waals surface area contributed by atoms with Crippen LogP contribution in [0.15, 0.2) is 166 Å². The first-order chi connectivity index (χ1) is 30.9. The third-order valence-electron chi connectivity index (χ3n) is 9.89. The molecule has 7 rings (SSSR count). The fraction of sp³-hybridized carbons (Fsp3) is 0.111. The smallest absolute Gasteiger partial charge is 0.296 e. The predicted octanol–water partition coefficient (Wildman–Crippen LogP) is 13.4. The van der Waals surface area contributed by atoms with E-state index in [0.717, 1.165) is 28.4 Å². The second kappa shape index (κ2) is 18.5. The summed E-state index contributed by atoms with van der Waals surface area (Å²) in [6.07, 6.45) is 0. The van der Waals surface area contributed by atoms with E-state index < -0.39 is 36.6 Å². The van der Waals surface area contributed by atoms with Gasteiger partial charge in [0.1, 0.15) is 33.5 Å². The van der Waals surface area contributed by atoms with Crippen molar-refractivity contribution >= 4 is 87.9 Å². The van der Waals surface area contributed by atoms with Crippen LogP contribution >= 0.6 is 0 Å². The summed E-state index contributed by atoms with van der Waals surface area (Å²) in [5.74, 6) is -0.782. The zero-order valence-corrected chi connectivity index (χ0v) is 36.8. The molecule has 7 aromatic carbocycles. The van der Waals surface area contributed by atoms with Crippen LogP contribution in [-0.4, -0.2) is 43.3 Å². The zero-order valence-electron chi connectivity index (χ0n) is 35.2. The number of methoxy groups -OCH3 is 1. The summed E-state index contributed by atoms with van der Waals surface area (Å²) >= 11 is 0. The molecule has 20 heteroatoms.